The lowest BCUT2D eigenvalue weighted by Crippen LogP contribution is -2.17. The maximum Gasteiger partial charge on any atom is 0.125 e. The van der Waals surface area contributed by atoms with Crippen LogP contribution in [0.2, 0.25) is 0 Å². The number of rotatable bonds is 4. The van der Waals surface area contributed by atoms with Crippen LogP contribution in [0.3, 0.4) is 0 Å². The van der Waals surface area contributed by atoms with Crippen molar-refractivity contribution >= 4 is 11.4 Å². The molecule has 0 spiro atoms. The first kappa shape index (κ1) is 12.6. The minimum Gasteiger partial charge on any atom is -0.392 e. The molecule has 2 aromatic carbocycles. The fourth-order valence-electron chi connectivity index (χ4n) is 2.04. The zero-order valence-corrected chi connectivity index (χ0v) is 10.3. The van der Waals surface area contributed by atoms with Crippen LogP contribution >= 0.6 is 0 Å². The minimum atomic E-state index is -0.257. The number of hydrogen-bond acceptors (Lipinski definition) is 2. The van der Waals surface area contributed by atoms with Crippen molar-refractivity contribution in [3.63, 3.8) is 0 Å². The predicted molar refractivity (Wildman–Crippen MR) is 71.4 cm³/mol. The summed E-state index contributed by atoms with van der Waals surface area (Å²) in [6, 6.07) is 14.1. The molecule has 3 heteroatoms. The first-order valence-electron chi connectivity index (χ1n) is 5.98. The lowest BCUT2D eigenvalue weighted by atomic mass is 10.1. The average Bonchev–Trinajstić information content (AvgIpc) is 2.40. The normalized spacial score (nSPS) is 10.4. The molecule has 0 aromatic heterocycles. The molecule has 1 N–H and O–H groups in total. The van der Waals surface area contributed by atoms with Gasteiger partial charge in [-0.05, 0) is 31.2 Å². The second kappa shape index (κ2) is 5.65. The third-order valence-corrected chi connectivity index (χ3v) is 2.89. The molecular weight excluding hydrogens is 229 g/mol. The lowest BCUT2D eigenvalue weighted by molar-refractivity contribution is 0.282. The van der Waals surface area contributed by atoms with Crippen LogP contribution in [0.25, 0.3) is 0 Å². The van der Waals surface area contributed by atoms with Gasteiger partial charge in [0.1, 0.15) is 5.82 Å². The number of nitrogens with zero attached hydrogens (tertiary/aromatic N) is 1. The van der Waals surface area contributed by atoms with Gasteiger partial charge in [-0.1, -0.05) is 24.3 Å². The molecule has 0 fully saturated rings. The van der Waals surface area contributed by atoms with Gasteiger partial charge in [-0.2, -0.15) is 0 Å². The molecule has 0 aliphatic heterocycles. The van der Waals surface area contributed by atoms with Crippen molar-refractivity contribution < 1.29 is 9.50 Å². The first-order valence-corrected chi connectivity index (χ1v) is 5.98. The largest absolute Gasteiger partial charge is 0.392 e. The van der Waals surface area contributed by atoms with Crippen molar-refractivity contribution in [2.75, 3.05) is 11.4 Å². The number of aliphatic hydroxyl groups excluding tert-OH is 1. The van der Waals surface area contributed by atoms with E-state index in [2.05, 4.69) is 0 Å². The van der Waals surface area contributed by atoms with Gasteiger partial charge in [-0.15, -0.1) is 0 Å². The molecule has 0 aliphatic rings. The van der Waals surface area contributed by atoms with Gasteiger partial charge < -0.3 is 10.0 Å². The summed E-state index contributed by atoms with van der Waals surface area (Å²) in [6.07, 6.45) is 0. The summed E-state index contributed by atoms with van der Waals surface area (Å²) in [5.41, 5.74) is 2.54. The lowest BCUT2D eigenvalue weighted by Gasteiger charge is -2.25. The Bertz CT molecular complexity index is 527. The quantitative estimate of drug-likeness (QED) is 0.891. The summed E-state index contributed by atoms with van der Waals surface area (Å²) in [7, 11) is 0. The van der Waals surface area contributed by atoms with Crippen molar-refractivity contribution in [2.24, 2.45) is 0 Å². The summed E-state index contributed by atoms with van der Waals surface area (Å²) >= 11 is 0. The zero-order chi connectivity index (χ0) is 13.0. The molecule has 0 bridgehead atoms. The molecule has 0 aliphatic carbocycles. The Morgan fingerprint density at radius 1 is 1.11 bits per heavy atom. The van der Waals surface area contributed by atoms with Crippen LogP contribution in [0.1, 0.15) is 12.5 Å². The molecule has 0 unspecified atom stereocenters. The van der Waals surface area contributed by atoms with E-state index in [9.17, 15) is 9.50 Å². The number of hydrogen-bond donors (Lipinski definition) is 1. The Hall–Kier alpha value is -1.87. The third kappa shape index (κ3) is 2.51. The molecule has 0 heterocycles. The number of aliphatic hydroxyl groups is 1. The molecule has 0 radical (unpaired) electrons. The van der Waals surface area contributed by atoms with Crippen molar-refractivity contribution in [2.45, 2.75) is 13.5 Å². The predicted octanol–water partition coefficient (Wildman–Crippen LogP) is 3.48. The van der Waals surface area contributed by atoms with Gasteiger partial charge in [0.25, 0.3) is 0 Å². The molecule has 2 nitrogen and oxygen atoms in total. The second-order valence-corrected chi connectivity index (χ2v) is 4.01. The molecule has 0 saturated carbocycles. The number of halogens is 1. The molecule has 0 atom stereocenters. The zero-order valence-electron chi connectivity index (χ0n) is 10.3. The van der Waals surface area contributed by atoms with Crippen molar-refractivity contribution in [1.29, 1.82) is 0 Å². The highest BCUT2D eigenvalue weighted by atomic mass is 19.1. The van der Waals surface area contributed by atoms with E-state index in [1.165, 1.54) is 12.1 Å². The van der Waals surface area contributed by atoms with Gasteiger partial charge in [0.15, 0.2) is 0 Å². The molecule has 0 saturated heterocycles. The Kier molecular flexibility index (Phi) is 3.95. The van der Waals surface area contributed by atoms with E-state index in [1.54, 1.807) is 6.07 Å². The van der Waals surface area contributed by atoms with E-state index in [0.29, 0.717) is 6.54 Å². The molecular formula is C15H16FNO. The topological polar surface area (TPSA) is 23.5 Å². The standard InChI is InChI=1S/C15H16FNO/c1-2-17(14-8-5-7-13(16)10-14)15-9-4-3-6-12(15)11-18/h3-10,18H,2,11H2,1H3. The molecule has 2 rings (SSSR count). The summed E-state index contributed by atoms with van der Waals surface area (Å²) in [6.45, 7) is 2.68. The monoisotopic (exact) mass is 245 g/mol. The summed E-state index contributed by atoms with van der Waals surface area (Å²) in [5.74, 6) is -0.257. The van der Waals surface area contributed by atoms with Crippen molar-refractivity contribution in [3.05, 3.63) is 59.9 Å². The fraction of sp³-hybridized carbons (Fsp3) is 0.200. The third-order valence-electron chi connectivity index (χ3n) is 2.89. The van der Waals surface area contributed by atoms with E-state index in [4.69, 9.17) is 0 Å². The Balaban J connectivity index is 2.45. The number of para-hydroxylation sites is 1. The van der Waals surface area contributed by atoms with Crippen LogP contribution in [0.5, 0.6) is 0 Å². The maximum absolute atomic E-state index is 13.3. The van der Waals surface area contributed by atoms with Crippen LogP contribution in [0.15, 0.2) is 48.5 Å². The van der Waals surface area contributed by atoms with Gasteiger partial charge in [-0.25, -0.2) is 4.39 Å². The first-order chi connectivity index (χ1) is 8.76. The SMILES string of the molecule is CCN(c1cccc(F)c1)c1ccccc1CO. The van der Waals surface area contributed by atoms with Crippen LogP contribution in [-0.2, 0) is 6.61 Å². The van der Waals surface area contributed by atoms with E-state index >= 15 is 0 Å². The summed E-state index contributed by atoms with van der Waals surface area (Å²) in [4.78, 5) is 1.98. The Morgan fingerprint density at radius 3 is 2.56 bits per heavy atom. The number of anilines is 2. The van der Waals surface area contributed by atoms with Crippen LogP contribution in [0.4, 0.5) is 15.8 Å². The molecule has 2 aromatic rings. The van der Waals surface area contributed by atoms with Crippen LogP contribution in [0, 0.1) is 5.82 Å². The van der Waals surface area contributed by atoms with Gasteiger partial charge in [0, 0.05) is 23.5 Å². The Labute approximate surface area is 106 Å². The van der Waals surface area contributed by atoms with E-state index in [-0.39, 0.29) is 12.4 Å². The molecule has 0 amide bonds. The highest BCUT2D eigenvalue weighted by Gasteiger charge is 2.11. The summed E-state index contributed by atoms with van der Waals surface area (Å²) < 4.78 is 13.3. The van der Waals surface area contributed by atoms with Gasteiger partial charge in [0.05, 0.1) is 6.61 Å². The van der Waals surface area contributed by atoms with Gasteiger partial charge in [0.2, 0.25) is 0 Å². The summed E-state index contributed by atoms with van der Waals surface area (Å²) in [5, 5.41) is 9.36. The maximum atomic E-state index is 13.3. The van der Waals surface area contributed by atoms with E-state index in [1.807, 2.05) is 42.2 Å². The van der Waals surface area contributed by atoms with E-state index in [0.717, 1.165) is 16.9 Å². The van der Waals surface area contributed by atoms with E-state index < -0.39 is 0 Å². The van der Waals surface area contributed by atoms with Crippen molar-refractivity contribution in [3.8, 4) is 0 Å². The highest BCUT2D eigenvalue weighted by molar-refractivity contribution is 5.66. The second-order valence-electron chi connectivity index (χ2n) is 4.01. The van der Waals surface area contributed by atoms with Gasteiger partial charge in [-0.3, -0.25) is 0 Å². The fourth-order valence-corrected chi connectivity index (χ4v) is 2.04. The minimum absolute atomic E-state index is 0.0258. The molecule has 18 heavy (non-hydrogen) atoms. The van der Waals surface area contributed by atoms with Crippen LogP contribution < -0.4 is 4.90 Å². The van der Waals surface area contributed by atoms with Crippen LogP contribution in [-0.4, -0.2) is 11.7 Å². The number of benzene rings is 2. The van der Waals surface area contributed by atoms with Crippen molar-refractivity contribution in [1.82, 2.24) is 0 Å². The molecule has 94 valence electrons. The smallest absolute Gasteiger partial charge is 0.125 e. The highest BCUT2D eigenvalue weighted by Crippen LogP contribution is 2.28. The van der Waals surface area contributed by atoms with Gasteiger partial charge >= 0.3 is 0 Å². The Morgan fingerprint density at radius 2 is 1.89 bits per heavy atom. The average molecular weight is 245 g/mol.